The SMILES string of the molecule is Cc1cccnc1CNC(=O)CCSCC(=O)Nc1ccc(Br)cc1. The maximum absolute atomic E-state index is 11.8. The molecule has 1 heterocycles. The van der Waals surface area contributed by atoms with Gasteiger partial charge in [-0.3, -0.25) is 14.6 Å². The summed E-state index contributed by atoms with van der Waals surface area (Å²) in [5, 5.41) is 5.67. The lowest BCUT2D eigenvalue weighted by Crippen LogP contribution is -2.24. The Morgan fingerprint density at radius 3 is 2.64 bits per heavy atom. The van der Waals surface area contributed by atoms with Gasteiger partial charge < -0.3 is 10.6 Å². The monoisotopic (exact) mass is 421 g/mol. The summed E-state index contributed by atoms with van der Waals surface area (Å²) in [4.78, 5) is 27.9. The van der Waals surface area contributed by atoms with E-state index in [1.807, 2.05) is 43.3 Å². The normalized spacial score (nSPS) is 10.3. The molecule has 0 bridgehead atoms. The summed E-state index contributed by atoms with van der Waals surface area (Å²) < 4.78 is 0.965. The smallest absolute Gasteiger partial charge is 0.234 e. The van der Waals surface area contributed by atoms with Crippen molar-refractivity contribution in [3.8, 4) is 0 Å². The van der Waals surface area contributed by atoms with Gasteiger partial charge in [0.15, 0.2) is 0 Å². The zero-order valence-electron chi connectivity index (χ0n) is 13.9. The number of pyridine rings is 1. The zero-order valence-corrected chi connectivity index (χ0v) is 16.3. The summed E-state index contributed by atoms with van der Waals surface area (Å²) in [6.07, 6.45) is 2.09. The van der Waals surface area contributed by atoms with E-state index < -0.39 is 0 Å². The van der Waals surface area contributed by atoms with E-state index >= 15 is 0 Å². The average molecular weight is 422 g/mol. The Bertz CT molecular complexity index is 723. The number of aromatic nitrogens is 1. The molecule has 25 heavy (non-hydrogen) atoms. The number of carbonyl (C=O) groups excluding carboxylic acids is 2. The van der Waals surface area contributed by atoms with Crippen LogP contribution in [0.25, 0.3) is 0 Å². The average Bonchev–Trinajstić information content (AvgIpc) is 2.60. The minimum atomic E-state index is -0.0724. The summed E-state index contributed by atoms with van der Waals surface area (Å²) in [6.45, 7) is 2.40. The van der Waals surface area contributed by atoms with E-state index in [1.54, 1.807) is 6.20 Å². The van der Waals surface area contributed by atoms with Gasteiger partial charge in [0.25, 0.3) is 0 Å². The van der Waals surface area contributed by atoms with Crippen LogP contribution in [0.5, 0.6) is 0 Å². The Morgan fingerprint density at radius 1 is 1.16 bits per heavy atom. The van der Waals surface area contributed by atoms with Gasteiger partial charge in [0.1, 0.15) is 0 Å². The van der Waals surface area contributed by atoms with Gasteiger partial charge >= 0.3 is 0 Å². The molecule has 0 saturated heterocycles. The van der Waals surface area contributed by atoms with Crippen molar-refractivity contribution < 1.29 is 9.59 Å². The van der Waals surface area contributed by atoms with Crippen LogP contribution in [0.1, 0.15) is 17.7 Å². The number of hydrogen-bond donors (Lipinski definition) is 2. The van der Waals surface area contributed by atoms with Gasteiger partial charge in [-0.25, -0.2) is 0 Å². The Morgan fingerprint density at radius 2 is 1.92 bits per heavy atom. The summed E-state index contributed by atoms with van der Waals surface area (Å²) in [5.74, 6) is 0.812. The third-order valence-electron chi connectivity index (χ3n) is 3.41. The molecule has 2 amide bonds. The number of halogens is 1. The fourth-order valence-corrected chi connectivity index (χ4v) is 3.03. The first-order chi connectivity index (χ1) is 12.0. The van der Waals surface area contributed by atoms with Gasteiger partial charge in [-0.2, -0.15) is 11.8 Å². The number of benzene rings is 1. The molecule has 0 saturated carbocycles. The molecule has 1 aromatic heterocycles. The second-order valence-electron chi connectivity index (χ2n) is 5.40. The Balaban J connectivity index is 1.60. The summed E-state index contributed by atoms with van der Waals surface area (Å²) in [7, 11) is 0. The zero-order chi connectivity index (χ0) is 18.1. The van der Waals surface area contributed by atoms with Crippen molar-refractivity contribution in [3.63, 3.8) is 0 Å². The first kappa shape index (κ1) is 19.5. The topological polar surface area (TPSA) is 71.1 Å². The molecular weight excluding hydrogens is 402 g/mol. The molecular formula is C18H20BrN3O2S. The molecule has 0 aliphatic rings. The van der Waals surface area contributed by atoms with E-state index in [0.717, 1.165) is 21.4 Å². The molecule has 0 atom stereocenters. The van der Waals surface area contributed by atoms with Crippen LogP contribution in [0.3, 0.4) is 0 Å². The second-order valence-corrected chi connectivity index (χ2v) is 7.42. The molecule has 2 N–H and O–H groups in total. The molecule has 2 rings (SSSR count). The van der Waals surface area contributed by atoms with Gasteiger partial charge in [0.05, 0.1) is 18.0 Å². The molecule has 7 heteroatoms. The second kappa shape index (κ2) is 10.2. The number of thioether (sulfide) groups is 1. The molecule has 5 nitrogen and oxygen atoms in total. The van der Waals surface area contributed by atoms with Crippen molar-refractivity contribution in [2.45, 2.75) is 19.9 Å². The third kappa shape index (κ3) is 7.27. The van der Waals surface area contributed by atoms with Crippen molar-refractivity contribution in [3.05, 3.63) is 58.3 Å². The van der Waals surface area contributed by atoms with E-state index in [2.05, 4.69) is 31.5 Å². The quantitative estimate of drug-likeness (QED) is 0.639. The maximum Gasteiger partial charge on any atom is 0.234 e. The first-order valence-electron chi connectivity index (χ1n) is 7.85. The van der Waals surface area contributed by atoms with E-state index in [4.69, 9.17) is 0 Å². The number of rotatable bonds is 8. The highest BCUT2D eigenvalue weighted by Crippen LogP contribution is 2.14. The predicted octanol–water partition coefficient (Wildman–Crippen LogP) is 3.53. The van der Waals surface area contributed by atoms with Crippen LogP contribution < -0.4 is 10.6 Å². The van der Waals surface area contributed by atoms with E-state index in [1.165, 1.54) is 11.8 Å². The first-order valence-corrected chi connectivity index (χ1v) is 9.80. The molecule has 0 radical (unpaired) electrons. The molecule has 0 unspecified atom stereocenters. The van der Waals surface area contributed by atoms with Gasteiger partial charge in [-0.15, -0.1) is 0 Å². The number of nitrogens with one attached hydrogen (secondary N) is 2. The molecule has 132 valence electrons. The van der Waals surface area contributed by atoms with Gasteiger partial charge in [-0.1, -0.05) is 22.0 Å². The highest BCUT2D eigenvalue weighted by atomic mass is 79.9. The third-order valence-corrected chi connectivity index (χ3v) is 4.89. The van der Waals surface area contributed by atoms with Crippen molar-refractivity contribution >= 4 is 45.2 Å². The van der Waals surface area contributed by atoms with Gasteiger partial charge in [-0.05, 0) is 42.8 Å². The largest absolute Gasteiger partial charge is 0.350 e. The predicted molar refractivity (Wildman–Crippen MR) is 106 cm³/mol. The van der Waals surface area contributed by atoms with Crippen LogP contribution in [0, 0.1) is 6.92 Å². The minimum Gasteiger partial charge on any atom is -0.350 e. The fraction of sp³-hybridized carbons (Fsp3) is 0.278. The van der Waals surface area contributed by atoms with Crippen LogP contribution >= 0.6 is 27.7 Å². The fourth-order valence-electron chi connectivity index (χ4n) is 2.03. The molecule has 1 aromatic carbocycles. The number of amides is 2. The number of carbonyl (C=O) groups is 2. The Hall–Kier alpha value is -1.86. The van der Waals surface area contributed by atoms with Crippen LogP contribution in [0.15, 0.2) is 47.1 Å². The Kier molecular flexibility index (Phi) is 7.94. The molecule has 0 aliphatic heterocycles. The maximum atomic E-state index is 11.8. The standard InChI is InChI=1S/C18H20BrN3O2S/c1-13-3-2-9-20-16(13)11-21-17(23)8-10-25-12-18(24)22-15-6-4-14(19)5-7-15/h2-7,9H,8,10-12H2,1H3,(H,21,23)(H,22,24). The minimum absolute atomic E-state index is 0.0362. The summed E-state index contributed by atoms with van der Waals surface area (Å²) >= 11 is 4.79. The van der Waals surface area contributed by atoms with E-state index in [0.29, 0.717) is 24.5 Å². The number of hydrogen-bond acceptors (Lipinski definition) is 4. The number of aryl methyl sites for hydroxylation is 1. The van der Waals surface area contributed by atoms with Crippen LogP contribution in [-0.4, -0.2) is 28.3 Å². The Labute approximate surface area is 160 Å². The van der Waals surface area contributed by atoms with E-state index in [-0.39, 0.29) is 11.8 Å². The van der Waals surface area contributed by atoms with Crippen molar-refractivity contribution in [2.24, 2.45) is 0 Å². The van der Waals surface area contributed by atoms with Gasteiger partial charge in [0, 0.05) is 28.5 Å². The lowest BCUT2D eigenvalue weighted by Gasteiger charge is -2.07. The van der Waals surface area contributed by atoms with Crippen molar-refractivity contribution in [1.29, 1.82) is 0 Å². The number of nitrogens with zero attached hydrogens (tertiary/aromatic N) is 1. The highest BCUT2D eigenvalue weighted by Gasteiger charge is 2.06. The molecule has 0 fully saturated rings. The summed E-state index contributed by atoms with van der Waals surface area (Å²) in [6, 6.07) is 11.2. The lowest BCUT2D eigenvalue weighted by molar-refractivity contribution is -0.121. The van der Waals surface area contributed by atoms with Gasteiger partial charge in [0.2, 0.25) is 11.8 Å². The molecule has 0 spiro atoms. The van der Waals surface area contributed by atoms with Crippen LogP contribution in [0.4, 0.5) is 5.69 Å². The highest BCUT2D eigenvalue weighted by molar-refractivity contribution is 9.10. The molecule has 2 aromatic rings. The van der Waals surface area contributed by atoms with Crippen molar-refractivity contribution in [1.82, 2.24) is 10.3 Å². The van der Waals surface area contributed by atoms with Crippen molar-refractivity contribution in [2.75, 3.05) is 16.8 Å². The number of anilines is 1. The van der Waals surface area contributed by atoms with Crippen LogP contribution in [-0.2, 0) is 16.1 Å². The van der Waals surface area contributed by atoms with Crippen LogP contribution in [0.2, 0.25) is 0 Å². The summed E-state index contributed by atoms with van der Waals surface area (Å²) in [5.41, 5.74) is 2.69. The van der Waals surface area contributed by atoms with E-state index in [9.17, 15) is 9.59 Å². The molecule has 0 aliphatic carbocycles. The lowest BCUT2D eigenvalue weighted by atomic mass is 10.2.